The van der Waals surface area contributed by atoms with Gasteiger partial charge in [-0.25, -0.2) is 0 Å². The quantitative estimate of drug-likeness (QED) is 0.790. The second kappa shape index (κ2) is 7.05. The van der Waals surface area contributed by atoms with E-state index in [4.69, 9.17) is 11.6 Å². The van der Waals surface area contributed by atoms with E-state index >= 15 is 0 Å². The molecule has 0 atom stereocenters. The summed E-state index contributed by atoms with van der Waals surface area (Å²) in [4.78, 5) is 14.1. The number of rotatable bonds is 6. The second-order valence-corrected chi connectivity index (χ2v) is 8.41. The summed E-state index contributed by atoms with van der Waals surface area (Å²) in [6.07, 6.45) is 4.09. The van der Waals surface area contributed by atoms with Gasteiger partial charge in [-0.3, -0.25) is 4.79 Å². The van der Waals surface area contributed by atoms with Crippen LogP contribution in [0.5, 0.6) is 0 Å². The van der Waals surface area contributed by atoms with Crippen molar-refractivity contribution in [3.63, 3.8) is 0 Å². The molecule has 1 aromatic carbocycles. The van der Waals surface area contributed by atoms with Crippen molar-refractivity contribution in [2.75, 3.05) is 12.4 Å². The van der Waals surface area contributed by atoms with Crippen LogP contribution in [-0.2, 0) is 11.3 Å². The second-order valence-electron chi connectivity index (χ2n) is 8.14. The number of halogens is 1. The minimum Gasteiger partial charge on any atom is -0.393 e. The smallest absolute Gasteiger partial charge is 0.237 e. The van der Waals surface area contributed by atoms with Gasteiger partial charge in [0.2, 0.25) is 5.91 Å². The van der Waals surface area contributed by atoms with E-state index in [1.54, 1.807) is 0 Å². The number of amides is 1. The highest BCUT2D eigenvalue weighted by Gasteiger charge is 2.52. The molecule has 1 amide bonds. The lowest BCUT2D eigenvalue weighted by Gasteiger charge is -2.57. The molecule has 3 nitrogen and oxygen atoms in total. The molecule has 2 saturated carbocycles. The third kappa shape index (κ3) is 3.78. The van der Waals surface area contributed by atoms with Crippen molar-refractivity contribution >= 4 is 17.5 Å². The molecule has 0 radical (unpaired) electrons. The fraction of sp³-hybridized carbons (Fsp3) is 0.650. The van der Waals surface area contributed by atoms with Crippen LogP contribution in [0.2, 0.25) is 0 Å². The summed E-state index contributed by atoms with van der Waals surface area (Å²) in [5, 5.41) is 9.52. The third-order valence-corrected chi connectivity index (χ3v) is 5.97. The number of aliphatic hydroxyl groups is 1. The van der Waals surface area contributed by atoms with E-state index in [9.17, 15) is 9.90 Å². The first-order valence-electron chi connectivity index (χ1n) is 9.01. The lowest BCUT2D eigenvalue weighted by Crippen LogP contribution is -2.53. The topological polar surface area (TPSA) is 40.5 Å². The Hall–Kier alpha value is -1.06. The molecule has 0 aromatic heterocycles. The Morgan fingerprint density at radius 2 is 1.88 bits per heavy atom. The van der Waals surface area contributed by atoms with E-state index in [0.717, 1.165) is 37.8 Å². The Morgan fingerprint density at radius 1 is 1.25 bits per heavy atom. The lowest BCUT2D eigenvalue weighted by molar-refractivity contribution is -0.137. The first-order chi connectivity index (χ1) is 11.4. The van der Waals surface area contributed by atoms with Crippen molar-refractivity contribution < 1.29 is 9.90 Å². The van der Waals surface area contributed by atoms with Gasteiger partial charge < -0.3 is 10.0 Å². The number of nitrogens with zero attached hydrogens (tertiary/aromatic N) is 1. The standard InChI is InChI=1S/C20H28ClNO2/c1-14(2)17-5-3-15(4-6-17)12-22(19(24)11-21)13-16-7-20(8-16)9-18(23)10-20/h3-6,14,16,18,23H,7-13H2,1-2H3. The molecular formula is C20H28ClNO2. The Balaban J connectivity index is 1.57. The highest BCUT2D eigenvalue weighted by atomic mass is 35.5. The first kappa shape index (κ1) is 17.8. The maximum Gasteiger partial charge on any atom is 0.237 e. The fourth-order valence-electron chi connectivity index (χ4n) is 4.45. The van der Waals surface area contributed by atoms with Gasteiger partial charge in [-0.1, -0.05) is 38.1 Å². The third-order valence-electron chi connectivity index (χ3n) is 5.75. The lowest BCUT2D eigenvalue weighted by atomic mass is 9.50. The largest absolute Gasteiger partial charge is 0.393 e. The maximum absolute atomic E-state index is 12.2. The average molecular weight is 350 g/mol. The summed E-state index contributed by atoms with van der Waals surface area (Å²) in [5.74, 6) is 1.13. The predicted molar refractivity (Wildman–Crippen MR) is 97.1 cm³/mol. The van der Waals surface area contributed by atoms with Crippen LogP contribution in [0.4, 0.5) is 0 Å². The van der Waals surface area contributed by atoms with Crippen LogP contribution in [0.25, 0.3) is 0 Å². The van der Waals surface area contributed by atoms with Gasteiger partial charge in [0.1, 0.15) is 5.88 Å². The summed E-state index contributed by atoms with van der Waals surface area (Å²) in [5.41, 5.74) is 2.86. The van der Waals surface area contributed by atoms with E-state index < -0.39 is 0 Å². The summed E-state index contributed by atoms with van der Waals surface area (Å²) < 4.78 is 0. The van der Waals surface area contributed by atoms with Crippen molar-refractivity contribution in [1.29, 1.82) is 0 Å². The summed E-state index contributed by atoms with van der Waals surface area (Å²) >= 11 is 5.81. The minimum atomic E-state index is -0.0917. The number of carbonyl (C=O) groups excluding carboxylic acids is 1. The van der Waals surface area contributed by atoms with Crippen molar-refractivity contribution in [2.24, 2.45) is 11.3 Å². The van der Waals surface area contributed by atoms with Gasteiger partial charge >= 0.3 is 0 Å². The van der Waals surface area contributed by atoms with Crippen molar-refractivity contribution in [2.45, 2.75) is 58.1 Å². The van der Waals surface area contributed by atoms with Gasteiger partial charge in [-0.15, -0.1) is 11.6 Å². The Bertz CT molecular complexity index is 570. The molecule has 24 heavy (non-hydrogen) atoms. The molecule has 0 heterocycles. The Kier molecular flexibility index (Phi) is 5.22. The summed E-state index contributed by atoms with van der Waals surface area (Å²) in [7, 11) is 0. The highest BCUT2D eigenvalue weighted by molar-refractivity contribution is 6.27. The van der Waals surface area contributed by atoms with Gasteiger partial charge in [0.05, 0.1) is 6.10 Å². The van der Waals surface area contributed by atoms with Gasteiger partial charge in [0, 0.05) is 13.1 Å². The number of alkyl halides is 1. The molecule has 0 aliphatic heterocycles. The SMILES string of the molecule is CC(C)c1ccc(CN(CC2CC3(CC(O)C3)C2)C(=O)CCl)cc1. The van der Waals surface area contributed by atoms with E-state index in [1.165, 1.54) is 5.56 Å². The van der Waals surface area contributed by atoms with Crippen LogP contribution < -0.4 is 0 Å². The Labute approximate surface area is 150 Å². The minimum absolute atomic E-state index is 0.0131. The monoisotopic (exact) mass is 349 g/mol. The van der Waals surface area contributed by atoms with Gasteiger partial charge in [-0.2, -0.15) is 0 Å². The number of carbonyl (C=O) groups is 1. The van der Waals surface area contributed by atoms with Gasteiger partial charge in [0.15, 0.2) is 0 Å². The molecule has 1 spiro atoms. The zero-order valence-electron chi connectivity index (χ0n) is 14.7. The summed E-state index contributed by atoms with van der Waals surface area (Å²) in [6.45, 7) is 5.79. The molecule has 0 saturated heterocycles. The molecular weight excluding hydrogens is 322 g/mol. The van der Waals surface area contributed by atoms with Crippen LogP contribution in [-0.4, -0.2) is 34.4 Å². The fourth-order valence-corrected chi connectivity index (χ4v) is 4.62. The van der Waals surface area contributed by atoms with Crippen molar-refractivity contribution in [1.82, 2.24) is 4.90 Å². The maximum atomic E-state index is 12.2. The van der Waals surface area contributed by atoms with Crippen LogP contribution in [0, 0.1) is 11.3 Å². The van der Waals surface area contributed by atoms with Gasteiger partial charge in [0.25, 0.3) is 0 Å². The molecule has 2 aliphatic carbocycles. The molecule has 2 aliphatic rings. The first-order valence-corrected chi connectivity index (χ1v) is 9.55. The molecule has 1 aromatic rings. The van der Waals surface area contributed by atoms with Crippen LogP contribution in [0.3, 0.4) is 0 Å². The molecule has 132 valence electrons. The normalized spacial score (nSPS) is 28.5. The molecule has 2 fully saturated rings. The number of aliphatic hydroxyl groups excluding tert-OH is 1. The zero-order chi connectivity index (χ0) is 17.3. The number of hydrogen-bond donors (Lipinski definition) is 1. The average Bonchev–Trinajstić information content (AvgIpc) is 2.50. The highest BCUT2D eigenvalue weighted by Crippen LogP contribution is 2.58. The molecule has 0 unspecified atom stereocenters. The van der Waals surface area contributed by atoms with E-state index in [1.807, 2.05) is 4.90 Å². The van der Waals surface area contributed by atoms with Gasteiger partial charge in [-0.05, 0) is 54.1 Å². The molecule has 4 heteroatoms. The molecule has 0 bridgehead atoms. The number of benzene rings is 1. The van der Waals surface area contributed by atoms with Crippen molar-refractivity contribution in [3.05, 3.63) is 35.4 Å². The van der Waals surface area contributed by atoms with E-state index in [2.05, 4.69) is 38.1 Å². The van der Waals surface area contributed by atoms with Crippen LogP contribution >= 0.6 is 11.6 Å². The van der Waals surface area contributed by atoms with E-state index in [-0.39, 0.29) is 17.9 Å². The zero-order valence-corrected chi connectivity index (χ0v) is 15.4. The van der Waals surface area contributed by atoms with Crippen molar-refractivity contribution in [3.8, 4) is 0 Å². The van der Waals surface area contributed by atoms with Crippen LogP contribution in [0.15, 0.2) is 24.3 Å². The van der Waals surface area contributed by atoms with Crippen LogP contribution in [0.1, 0.15) is 56.6 Å². The molecule has 1 N–H and O–H groups in total. The Morgan fingerprint density at radius 3 is 2.38 bits per heavy atom. The number of hydrogen-bond acceptors (Lipinski definition) is 2. The molecule has 3 rings (SSSR count). The van der Waals surface area contributed by atoms with E-state index in [0.29, 0.717) is 23.8 Å². The summed E-state index contributed by atoms with van der Waals surface area (Å²) in [6, 6.07) is 8.54. The predicted octanol–water partition coefficient (Wildman–Crippen LogP) is 3.93.